The standard InChI is InChI=1S/C13H18N2O2/c1-2-17-12-5-3-10(4-6-12)13(16)15-8-7-11(14)9-15/h3-6,11H,2,7-9,14H2,1H3. The molecule has 0 bridgehead atoms. The van der Waals surface area contributed by atoms with Crippen LogP contribution in [0.5, 0.6) is 5.75 Å². The molecule has 1 aliphatic rings. The predicted molar refractivity (Wildman–Crippen MR) is 66.1 cm³/mol. The summed E-state index contributed by atoms with van der Waals surface area (Å²) in [5.41, 5.74) is 6.49. The minimum Gasteiger partial charge on any atom is -0.494 e. The van der Waals surface area contributed by atoms with Crippen LogP contribution in [-0.4, -0.2) is 36.5 Å². The molecule has 2 N–H and O–H groups in total. The monoisotopic (exact) mass is 234 g/mol. The van der Waals surface area contributed by atoms with Crippen LogP contribution in [0.2, 0.25) is 0 Å². The molecule has 1 aromatic rings. The first-order valence-corrected chi connectivity index (χ1v) is 5.98. The van der Waals surface area contributed by atoms with Gasteiger partial charge in [-0.05, 0) is 37.6 Å². The van der Waals surface area contributed by atoms with E-state index >= 15 is 0 Å². The molecule has 4 heteroatoms. The molecule has 1 amide bonds. The van der Waals surface area contributed by atoms with E-state index in [-0.39, 0.29) is 11.9 Å². The highest BCUT2D eigenvalue weighted by Crippen LogP contribution is 2.16. The van der Waals surface area contributed by atoms with Crippen molar-refractivity contribution in [3.8, 4) is 5.75 Å². The van der Waals surface area contributed by atoms with Crippen molar-refractivity contribution in [2.75, 3.05) is 19.7 Å². The van der Waals surface area contributed by atoms with Crippen molar-refractivity contribution >= 4 is 5.91 Å². The highest BCUT2D eigenvalue weighted by atomic mass is 16.5. The van der Waals surface area contributed by atoms with Crippen LogP contribution in [0.25, 0.3) is 0 Å². The van der Waals surface area contributed by atoms with Crippen molar-refractivity contribution in [2.24, 2.45) is 5.73 Å². The molecule has 0 radical (unpaired) electrons. The number of hydrogen-bond donors (Lipinski definition) is 1. The molecule has 4 nitrogen and oxygen atoms in total. The Bertz CT molecular complexity index is 389. The molecule has 1 atom stereocenters. The first kappa shape index (κ1) is 11.9. The lowest BCUT2D eigenvalue weighted by molar-refractivity contribution is 0.0791. The molecule has 0 spiro atoms. The van der Waals surface area contributed by atoms with Crippen LogP contribution in [0.1, 0.15) is 23.7 Å². The van der Waals surface area contributed by atoms with Crippen LogP contribution in [0.15, 0.2) is 24.3 Å². The maximum Gasteiger partial charge on any atom is 0.253 e. The Kier molecular flexibility index (Phi) is 3.64. The van der Waals surface area contributed by atoms with E-state index in [1.807, 2.05) is 19.1 Å². The maximum absolute atomic E-state index is 12.1. The highest BCUT2D eigenvalue weighted by Gasteiger charge is 2.24. The zero-order chi connectivity index (χ0) is 12.3. The van der Waals surface area contributed by atoms with Gasteiger partial charge in [-0.15, -0.1) is 0 Å². The van der Waals surface area contributed by atoms with E-state index in [0.717, 1.165) is 18.7 Å². The Morgan fingerprint density at radius 1 is 1.47 bits per heavy atom. The molecule has 0 saturated carbocycles. The lowest BCUT2D eigenvalue weighted by Crippen LogP contribution is -2.31. The van der Waals surface area contributed by atoms with Crippen LogP contribution in [0.3, 0.4) is 0 Å². The van der Waals surface area contributed by atoms with E-state index < -0.39 is 0 Å². The molecule has 1 aromatic carbocycles. The Morgan fingerprint density at radius 2 is 2.18 bits per heavy atom. The molecule has 17 heavy (non-hydrogen) atoms. The lowest BCUT2D eigenvalue weighted by Gasteiger charge is -2.15. The van der Waals surface area contributed by atoms with E-state index in [1.54, 1.807) is 17.0 Å². The van der Waals surface area contributed by atoms with Crippen LogP contribution in [-0.2, 0) is 0 Å². The van der Waals surface area contributed by atoms with Gasteiger partial charge in [0.1, 0.15) is 5.75 Å². The van der Waals surface area contributed by atoms with Gasteiger partial charge in [0.2, 0.25) is 0 Å². The summed E-state index contributed by atoms with van der Waals surface area (Å²) in [5.74, 6) is 0.850. The third-order valence-electron chi connectivity index (χ3n) is 2.92. The van der Waals surface area contributed by atoms with Crippen LogP contribution < -0.4 is 10.5 Å². The lowest BCUT2D eigenvalue weighted by atomic mass is 10.2. The fourth-order valence-electron chi connectivity index (χ4n) is 2.01. The number of carbonyl (C=O) groups excluding carboxylic acids is 1. The summed E-state index contributed by atoms with van der Waals surface area (Å²) in [6.07, 6.45) is 0.892. The molecule has 92 valence electrons. The molecule has 1 fully saturated rings. The van der Waals surface area contributed by atoms with E-state index in [1.165, 1.54) is 0 Å². The van der Waals surface area contributed by atoms with Gasteiger partial charge in [0, 0.05) is 24.7 Å². The number of ether oxygens (including phenoxy) is 1. The molecule has 1 heterocycles. The van der Waals surface area contributed by atoms with Gasteiger partial charge in [-0.3, -0.25) is 4.79 Å². The summed E-state index contributed by atoms with van der Waals surface area (Å²) in [6, 6.07) is 7.38. The van der Waals surface area contributed by atoms with Crippen molar-refractivity contribution in [3.63, 3.8) is 0 Å². The first-order chi connectivity index (χ1) is 8.20. The fourth-order valence-corrected chi connectivity index (χ4v) is 2.01. The summed E-state index contributed by atoms with van der Waals surface area (Å²) < 4.78 is 5.34. The Labute approximate surface area is 101 Å². The van der Waals surface area contributed by atoms with E-state index in [0.29, 0.717) is 18.7 Å². The Hall–Kier alpha value is -1.55. The van der Waals surface area contributed by atoms with Crippen LogP contribution >= 0.6 is 0 Å². The summed E-state index contributed by atoms with van der Waals surface area (Å²) in [4.78, 5) is 13.9. The number of hydrogen-bond acceptors (Lipinski definition) is 3. The van der Waals surface area contributed by atoms with Gasteiger partial charge in [-0.1, -0.05) is 0 Å². The predicted octanol–water partition coefficient (Wildman–Crippen LogP) is 1.26. The summed E-state index contributed by atoms with van der Waals surface area (Å²) in [5, 5.41) is 0. The second-order valence-corrected chi connectivity index (χ2v) is 4.26. The number of nitrogens with two attached hydrogens (primary N) is 1. The van der Waals surface area contributed by atoms with Gasteiger partial charge < -0.3 is 15.4 Å². The van der Waals surface area contributed by atoms with Crippen molar-refractivity contribution in [2.45, 2.75) is 19.4 Å². The number of benzene rings is 1. The topological polar surface area (TPSA) is 55.6 Å². The first-order valence-electron chi connectivity index (χ1n) is 5.98. The second-order valence-electron chi connectivity index (χ2n) is 4.26. The van der Waals surface area contributed by atoms with Crippen LogP contribution in [0.4, 0.5) is 0 Å². The third kappa shape index (κ3) is 2.77. The van der Waals surface area contributed by atoms with E-state index in [9.17, 15) is 4.79 Å². The SMILES string of the molecule is CCOc1ccc(C(=O)N2CCC(N)C2)cc1. The largest absolute Gasteiger partial charge is 0.494 e. The zero-order valence-electron chi connectivity index (χ0n) is 10.1. The molecular formula is C13H18N2O2. The van der Waals surface area contributed by atoms with Crippen molar-refractivity contribution < 1.29 is 9.53 Å². The molecule has 1 aliphatic heterocycles. The number of amides is 1. The van der Waals surface area contributed by atoms with Gasteiger partial charge in [0.25, 0.3) is 5.91 Å². The Morgan fingerprint density at radius 3 is 2.71 bits per heavy atom. The number of nitrogens with zero attached hydrogens (tertiary/aromatic N) is 1. The average molecular weight is 234 g/mol. The smallest absolute Gasteiger partial charge is 0.253 e. The normalized spacial score (nSPS) is 19.4. The van der Waals surface area contributed by atoms with Gasteiger partial charge in [0.15, 0.2) is 0 Å². The van der Waals surface area contributed by atoms with Crippen molar-refractivity contribution in [1.82, 2.24) is 4.90 Å². The molecule has 1 unspecified atom stereocenters. The number of carbonyl (C=O) groups is 1. The zero-order valence-corrected chi connectivity index (χ0v) is 10.1. The maximum atomic E-state index is 12.1. The summed E-state index contributed by atoms with van der Waals surface area (Å²) in [7, 11) is 0. The van der Waals surface area contributed by atoms with E-state index in [4.69, 9.17) is 10.5 Å². The van der Waals surface area contributed by atoms with E-state index in [2.05, 4.69) is 0 Å². The third-order valence-corrected chi connectivity index (χ3v) is 2.92. The Balaban J connectivity index is 2.04. The van der Waals surface area contributed by atoms with Crippen molar-refractivity contribution in [3.05, 3.63) is 29.8 Å². The molecule has 0 aliphatic carbocycles. The highest BCUT2D eigenvalue weighted by molar-refractivity contribution is 5.94. The average Bonchev–Trinajstić information content (AvgIpc) is 2.76. The number of likely N-dealkylation sites (tertiary alicyclic amines) is 1. The fraction of sp³-hybridized carbons (Fsp3) is 0.462. The summed E-state index contributed by atoms with van der Waals surface area (Å²) in [6.45, 7) is 3.98. The molecule has 2 rings (SSSR count). The quantitative estimate of drug-likeness (QED) is 0.856. The second kappa shape index (κ2) is 5.19. The van der Waals surface area contributed by atoms with Gasteiger partial charge in [-0.2, -0.15) is 0 Å². The molecule has 0 aromatic heterocycles. The van der Waals surface area contributed by atoms with Gasteiger partial charge in [-0.25, -0.2) is 0 Å². The molecular weight excluding hydrogens is 216 g/mol. The van der Waals surface area contributed by atoms with Gasteiger partial charge >= 0.3 is 0 Å². The minimum atomic E-state index is 0.0565. The van der Waals surface area contributed by atoms with Crippen molar-refractivity contribution in [1.29, 1.82) is 0 Å². The number of rotatable bonds is 3. The van der Waals surface area contributed by atoms with Crippen LogP contribution in [0, 0.1) is 0 Å². The van der Waals surface area contributed by atoms with Gasteiger partial charge in [0.05, 0.1) is 6.61 Å². The summed E-state index contributed by atoms with van der Waals surface area (Å²) >= 11 is 0. The minimum absolute atomic E-state index is 0.0565. The molecule has 1 saturated heterocycles.